The largest absolute Gasteiger partial charge is 0.293 e. The summed E-state index contributed by atoms with van der Waals surface area (Å²) < 4.78 is 2.59. The molecule has 2 heterocycles. The summed E-state index contributed by atoms with van der Waals surface area (Å²) in [5, 5.41) is 3.83. The Balaban J connectivity index is 1.40. The molecule has 0 fully saturated rings. The first-order chi connectivity index (χ1) is 16.6. The molecule has 0 aliphatic heterocycles. The van der Waals surface area contributed by atoms with Gasteiger partial charge < -0.3 is 0 Å². The maximum absolute atomic E-state index is 13.3. The zero-order chi connectivity index (χ0) is 23.5. The molecule has 34 heavy (non-hydrogen) atoms. The lowest BCUT2D eigenvalue weighted by Gasteiger charge is -2.17. The van der Waals surface area contributed by atoms with Crippen LogP contribution < -0.4 is 5.56 Å². The SMILES string of the molecule is CC(=NCCC(c1ccccc1)c1ccccc1)c1c(C)[nH]n(-c2nc3ccccc3s2)c1=O. The van der Waals surface area contributed by atoms with Crippen molar-refractivity contribution < 1.29 is 0 Å². The van der Waals surface area contributed by atoms with Crippen molar-refractivity contribution in [3.63, 3.8) is 0 Å². The predicted octanol–water partition coefficient (Wildman–Crippen LogP) is 6.11. The fraction of sp³-hybridized carbons (Fsp3) is 0.179. The Bertz CT molecular complexity index is 1420. The zero-order valence-corrected chi connectivity index (χ0v) is 20.0. The minimum atomic E-state index is -0.111. The fourth-order valence-electron chi connectivity index (χ4n) is 4.40. The number of fused-ring (bicyclic) bond motifs is 1. The summed E-state index contributed by atoms with van der Waals surface area (Å²) in [6, 6.07) is 29.0. The minimum absolute atomic E-state index is 0.111. The number of thiazole rings is 1. The highest BCUT2D eigenvalue weighted by molar-refractivity contribution is 7.20. The average Bonchev–Trinajstić information content (AvgIpc) is 3.43. The summed E-state index contributed by atoms with van der Waals surface area (Å²) in [5.74, 6) is 0.255. The second kappa shape index (κ2) is 9.61. The molecular weight excluding hydrogens is 440 g/mol. The first-order valence-corrected chi connectivity index (χ1v) is 12.2. The van der Waals surface area contributed by atoms with Crippen LogP contribution in [0.5, 0.6) is 0 Å². The molecule has 5 aromatic rings. The Kier molecular flexibility index (Phi) is 6.23. The molecule has 170 valence electrons. The highest BCUT2D eigenvalue weighted by Gasteiger charge is 2.18. The van der Waals surface area contributed by atoms with Crippen LogP contribution in [0.1, 0.15) is 41.6 Å². The maximum atomic E-state index is 13.3. The van der Waals surface area contributed by atoms with Crippen molar-refractivity contribution in [2.75, 3.05) is 6.54 Å². The van der Waals surface area contributed by atoms with Gasteiger partial charge in [-0.1, -0.05) is 84.1 Å². The van der Waals surface area contributed by atoms with Crippen molar-refractivity contribution in [3.05, 3.63) is 118 Å². The van der Waals surface area contributed by atoms with Gasteiger partial charge >= 0.3 is 0 Å². The van der Waals surface area contributed by atoms with Crippen LogP contribution in [0.15, 0.2) is 94.7 Å². The van der Waals surface area contributed by atoms with Crippen LogP contribution in [-0.2, 0) is 0 Å². The van der Waals surface area contributed by atoms with Crippen LogP contribution in [-0.4, -0.2) is 27.0 Å². The van der Waals surface area contributed by atoms with Crippen LogP contribution in [0, 0.1) is 6.92 Å². The third kappa shape index (κ3) is 4.37. The van der Waals surface area contributed by atoms with Gasteiger partial charge in [0, 0.05) is 23.9 Å². The van der Waals surface area contributed by atoms with Crippen molar-refractivity contribution in [3.8, 4) is 5.13 Å². The van der Waals surface area contributed by atoms with Crippen LogP contribution >= 0.6 is 11.3 Å². The number of para-hydroxylation sites is 1. The van der Waals surface area contributed by atoms with Gasteiger partial charge in [-0.05, 0) is 43.5 Å². The molecule has 0 saturated heterocycles. The number of aryl methyl sites for hydroxylation is 1. The molecule has 1 N–H and O–H groups in total. The van der Waals surface area contributed by atoms with E-state index in [-0.39, 0.29) is 11.5 Å². The number of hydrogen-bond donors (Lipinski definition) is 1. The molecule has 0 spiro atoms. The summed E-state index contributed by atoms with van der Waals surface area (Å²) in [4.78, 5) is 22.7. The van der Waals surface area contributed by atoms with Crippen molar-refractivity contribution in [1.82, 2.24) is 14.8 Å². The van der Waals surface area contributed by atoms with E-state index in [0.29, 0.717) is 17.2 Å². The number of aliphatic imine (C=N–C) groups is 1. The van der Waals surface area contributed by atoms with Gasteiger partial charge in [0.25, 0.3) is 5.56 Å². The van der Waals surface area contributed by atoms with E-state index in [9.17, 15) is 4.79 Å². The Morgan fingerprint density at radius 3 is 2.24 bits per heavy atom. The minimum Gasteiger partial charge on any atom is -0.293 e. The van der Waals surface area contributed by atoms with Gasteiger partial charge in [-0.25, -0.2) is 4.98 Å². The number of H-pyrrole nitrogens is 1. The van der Waals surface area contributed by atoms with E-state index >= 15 is 0 Å². The molecule has 5 nitrogen and oxygen atoms in total. The number of rotatable bonds is 7. The fourth-order valence-corrected chi connectivity index (χ4v) is 5.33. The summed E-state index contributed by atoms with van der Waals surface area (Å²) in [5.41, 5.74) is 5.50. The normalized spacial score (nSPS) is 12.0. The number of nitrogens with one attached hydrogen (secondary N) is 1. The number of nitrogens with zero attached hydrogens (tertiary/aromatic N) is 3. The van der Waals surface area contributed by atoms with E-state index in [4.69, 9.17) is 4.99 Å². The average molecular weight is 467 g/mol. The molecule has 2 aromatic heterocycles. The third-order valence-electron chi connectivity index (χ3n) is 6.08. The number of hydrogen-bond acceptors (Lipinski definition) is 4. The molecule has 0 atom stereocenters. The van der Waals surface area contributed by atoms with Crippen LogP contribution in [0.4, 0.5) is 0 Å². The first kappa shape index (κ1) is 22.0. The van der Waals surface area contributed by atoms with Crippen molar-refractivity contribution in [2.45, 2.75) is 26.2 Å². The molecule has 3 aromatic carbocycles. The molecule has 0 aliphatic rings. The lowest BCUT2D eigenvalue weighted by molar-refractivity contribution is 0.727. The smallest absolute Gasteiger partial charge is 0.282 e. The molecule has 0 radical (unpaired) electrons. The monoisotopic (exact) mass is 466 g/mol. The van der Waals surface area contributed by atoms with Gasteiger partial charge in [-0.3, -0.25) is 14.9 Å². The van der Waals surface area contributed by atoms with Crippen LogP contribution in [0.3, 0.4) is 0 Å². The third-order valence-corrected chi connectivity index (χ3v) is 7.10. The Morgan fingerprint density at radius 2 is 1.59 bits per heavy atom. The van der Waals surface area contributed by atoms with E-state index in [1.165, 1.54) is 27.1 Å². The highest BCUT2D eigenvalue weighted by atomic mass is 32.1. The molecular formula is C28H26N4OS. The Morgan fingerprint density at radius 1 is 0.971 bits per heavy atom. The molecule has 0 amide bonds. The van der Waals surface area contributed by atoms with Gasteiger partial charge in [0.2, 0.25) is 5.13 Å². The first-order valence-electron chi connectivity index (χ1n) is 11.4. The molecule has 0 unspecified atom stereocenters. The topological polar surface area (TPSA) is 63.0 Å². The second-order valence-electron chi connectivity index (χ2n) is 8.35. The van der Waals surface area contributed by atoms with Crippen molar-refractivity contribution in [2.24, 2.45) is 4.99 Å². The summed E-state index contributed by atoms with van der Waals surface area (Å²) in [6.45, 7) is 4.46. The van der Waals surface area contributed by atoms with Gasteiger partial charge in [-0.2, -0.15) is 4.68 Å². The van der Waals surface area contributed by atoms with E-state index in [2.05, 4.69) is 58.6 Å². The van der Waals surface area contributed by atoms with Gasteiger partial charge in [0.1, 0.15) is 0 Å². The molecule has 0 aliphatic carbocycles. The van der Waals surface area contributed by atoms with E-state index in [0.717, 1.165) is 28.0 Å². The number of aromatic amines is 1. The van der Waals surface area contributed by atoms with Gasteiger partial charge in [0.05, 0.1) is 15.8 Å². The van der Waals surface area contributed by atoms with Gasteiger partial charge in [0.15, 0.2) is 0 Å². The van der Waals surface area contributed by atoms with E-state index in [1.54, 1.807) is 0 Å². The predicted molar refractivity (Wildman–Crippen MR) is 141 cm³/mol. The summed E-state index contributed by atoms with van der Waals surface area (Å²) >= 11 is 1.50. The quantitative estimate of drug-likeness (QED) is 0.294. The number of benzene rings is 3. The van der Waals surface area contributed by atoms with E-state index < -0.39 is 0 Å². The standard InChI is InChI=1S/C28H26N4OS/c1-19(29-18-17-23(21-11-5-3-6-12-21)22-13-7-4-8-14-22)26-20(2)31-32(27(26)33)28-30-24-15-9-10-16-25(24)34-28/h3-16,23,31H,17-18H2,1-2H3. The highest BCUT2D eigenvalue weighted by Crippen LogP contribution is 2.28. The lowest BCUT2D eigenvalue weighted by Crippen LogP contribution is -2.19. The summed E-state index contributed by atoms with van der Waals surface area (Å²) in [6.07, 6.45) is 0.862. The summed E-state index contributed by atoms with van der Waals surface area (Å²) in [7, 11) is 0. The Labute approximate surface area is 202 Å². The van der Waals surface area contributed by atoms with Crippen molar-refractivity contribution in [1.29, 1.82) is 0 Å². The van der Waals surface area contributed by atoms with Gasteiger partial charge in [-0.15, -0.1) is 0 Å². The van der Waals surface area contributed by atoms with Crippen molar-refractivity contribution >= 4 is 27.3 Å². The Hall–Kier alpha value is -3.77. The van der Waals surface area contributed by atoms with Crippen LogP contribution in [0.25, 0.3) is 15.3 Å². The maximum Gasteiger partial charge on any atom is 0.282 e. The molecule has 6 heteroatoms. The molecule has 0 bridgehead atoms. The van der Waals surface area contributed by atoms with Crippen LogP contribution in [0.2, 0.25) is 0 Å². The molecule has 5 rings (SSSR count). The zero-order valence-electron chi connectivity index (χ0n) is 19.2. The lowest BCUT2D eigenvalue weighted by atomic mass is 9.88. The number of aromatic nitrogens is 3. The van der Waals surface area contributed by atoms with E-state index in [1.807, 2.05) is 50.2 Å². The molecule has 0 saturated carbocycles. The second-order valence-corrected chi connectivity index (χ2v) is 9.36.